The summed E-state index contributed by atoms with van der Waals surface area (Å²) in [5, 5.41) is 17.9. The second-order valence-corrected chi connectivity index (χ2v) is 4.45. The summed E-state index contributed by atoms with van der Waals surface area (Å²) < 4.78 is 3.22. The lowest BCUT2D eigenvalue weighted by molar-refractivity contribution is 0.0695. The predicted octanol–water partition coefficient (Wildman–Crippen LogP) is 1.63. The molecule has 0 bridgehead atoms. The molecule has 0 aliphatic rings. The fraction of sp³-hybridized carbons (Fsp3) is 0.364. The Bertz CT molecular complexity index is 615. The topological polar surface area (TPSA) is 72.9 Å². The number of hydrogen-bond acceptors (Lipinski definition) is 3. The molecule has 0 saturated heterocycles. The van der Waals surface area contributed by atoms with Crippen LogP contribution < -0.4 is 0 Å². The summed E-state index contributed by atoms with van der Waals surface area (Å²) in [6.45, 7) is 3.99. The average molecular weight is 269 g/mol. The van der Waals surface area contributed by atoms with Gasteiger partial charge in [-0.3, -0.25) is 9.36 Å². The highest BCUT2D eigenvalue weighted by molar-refractivity contribution is 6.31. The fourth-order valence-electron chi connectivity index (χ4n) is 1.80. The van der Waals surface area contributed by atoms with Crippen LogP contribution in [0.3, 0.4) is 0 Å². The average Bonchev–Trinajstić information content (AvgIpc) is 2.77. The van der Waals surface area contributed by atoms with Crippen molar-refractivity contribution in [3.05, 3.63) is 33.9 Å². The van der Waals surface area contributed by atoms with Crippen LogP contribution in [0.2, 0.25) is 5.02 Å². The summed E-state index contributed by atoms with van der Waals surface area (Å²) >= 11 is 6.06. The second-order valence-electron chi connectivity index (χ2n) is 4.08. The van der Waals surface area contributed by atoms with Gasteiger partial charge in [-0.25, -0.2) is 4.79 Å². The first-order chi connectivity index (χ1) is 8.41. The molecule has 2 aromatic rings. The summed E-state index contributed by atoms with van der Waals surface area (Å²) in [6, 6.07) is 0. The highest BCUT2D eigenvalue weighted by Gasteiger charge is 2.17. The molecule has 0 aliphatic heterocycles. The Morgan fingerprint density at radius 2 is 2.17 bits per heavy atom. The molecule has 0 saturated carbocycles. The molecular formula is C11H13ClN4O2. The first-order valence-corrected chi connectivity index (χ1v) is 5.73. The SMILES string of the molecule is Cc1nn(Cc2c(C(=O)O)cnn2C)c(C)c1Cl. The maximum absolute atomic E-state index is 11.1. The van der Waals surface area contributed by atoms with E-state index in [0.717, 1.165) is 11.4 Å². The number of aryl methyl sites for hydroxylation is 2. The first-order valence-electron chi connectivity index (χ1n) is 5.35. The molecule has 0 radical (unpaired) electrons. The van der Waals surface area contributed by atoms with E-state index in [1.165, 1.54) is 10.9 Å². The van der Waals surface area contributed by atoms with E-state index in [9.17, 15) is 4.79 Å². The summed E-state index contributed by atoms with van der Waals surface area (Å²) in [4.78, 5) is 11.1. The summed E-state index contributed by atoms with van der Waals surface area (Å²) in [5.41, 5.74) is 2.31. The van der Waals surface area contributed by atoms with Crippen molar-refractivity contribution in [2.24, 2.45) is 7.05 Å². The molecule has 0 amide bonds. The molecule has 2 heterocycles. The summed E-state index contributed by atoms with van der Waals surface area (Å²) in [6.07, 6.45) is 1.34. The number of carbonyl (C=O) groups is 1. The van der Waals surface area contributed by atoms with Gasteiger partial charge in [0.15, 0.2) is 0 Å². The van der Waals surface area contributed by atoms with Gasteiger partial charge < -0.3 is 5.11 Å². The Morgan fingerprint density at radius 3 is 2.67 bits per heavy atom. The van der Waals surface area contributed by atoms with Gasteiger partial charge in [-0.15, -0.1) is 0 Å². The maximum Gasteiger partial charge on any atom is 0.339 e. The van der Waals surface area contributed by atoms with Gasteiger partial charge in [0.1, 0.15) is 5.56 Å². The van der Waals surface area contributed by atoms with Crippen molar-refractivity contribution in [1.82, 2.24) is 19.6 Å². The number of carboxylic acid groups (broad SMARTS) is 1. The Balaban J connectivity index is 2.43. The van der Waals surface area contributed by atoms with Crippen LogP contribution in [0.15, 0.2) is 6.20 Å². The number of rotatable bonds is 3. The van der Waals surface area contributed by atoms with Crippen LogP contribution in [0, 0.1) is 13.8 Å². The predicted molar refractivity (Wildman–Crippen MR) is 66.0 cm³/mol. The molecule has 0 aromatic carbocycles. The van der Waals surface area contributed by atoms with Gasteiger partial charge in [0.25, 0.3) is 0 Å². The molecule has 2 aromatic heterocycles. The molecule has 0 fully saturated rings. The highest BCUT2D eigenvalue weighted by Crippen LogP contribution is 2.20. The van der Waals surface area contributed by atoms with Crippen LogP contribution in [-0.2, 0) is 13.6 Å². The van der Waals surface area contributed by atoms with E-state index in [2.05, 4.69) is 10.2 Å². The molecule has 0 unspecified atom stereocenters. The third-order valence-electron chi connectivity index (χ3n) is 2.88. The van der Waals surface area contributed by atoms with Crippen molar-refractivity contribution < 1.29 is 9.90 Å². The van der Waals surface area contributed by atoms with Gasteiger partial charge in [0.2, 0.25) is 0 Å². The van der Waals surface area contributed by atoms with Crippen molar-refractivity contribution in [2.75, 3.05) is 0 Å². The van der Waals surface area contributed by atoms with Crippen LogP contribution in [0.5, 0.6) is 0 Å². The number of carboxylic acids is 1. The van der Waals surface area contributed by atoms with Gasteiger partial charge in [-0.1, -0.05) is 11.6 Å². The van der Waals surface area contributed by atoms with E-state index < -0.39 is 5.97 Å². The summed E-state index contributed by atoms with van der Waals surface area (Å²) in [7, 11) is 1.70. The van der Waals surface area contributed by atoms with Crippen molar-refractivity contribution in [3.8, 4) is 0 Å². The first kappa shape index (κ1) is 12.6. The Labute approximate surface area is 109 Å². The van der Waals surface area contributed by atoms with Gasteiger partial charge in [-0.2, -0.15) is 10.2 Å². The van der Waals surface area contributed by atoms with Crippen molar-refractivity contribution in [3.63, 3.8) is 0 Å². The zero-order valence-electron chi connectivity index (χ0n) is 10.3. The molecule has 0 atom stereocenters. The van der Waals surface area contributed by atoms with Crippen LogP contribution >= 0.6 is 11.6 Å². The van der Waals surface area contributed by atoms with E-state index in [4.69, 9.17) is 16.7 Å². The number of nitrogens with zero attached hydrogens (tertiary/aromatic N) is 4. The Morgan fingerprint density at radius 1 is 1.50 bits per heavy atom. The van der Waals surface area contributed by atoms with Crippen LogP contribution in [0.4, 0.5) is 0 Å². The number of halogens is 1. The molecule has 7 heteroatoms. The highest BCUT2D eigenvalue weighted by atomic mass is 35.5. The third kappa shape index (κ3) is 1.99. The van der Waals surface area contributed by atoms with Gasteiger partial charge in [0.05, 0.1) is 34.8 Å². The van der Waals surface area contributed by atoms with Crippen molar-refractivity contribution in [1.29, 1.82) is 0 Å². The minimum Gasteiger partial charge on any atom is -0.478 e. The lowest BCUT2D eigenvalue weighted by Gasteiger charge is -2.06. The fourth-order valence-corrected chi connectivity index (χ4v) is 1.94. The Kier molecular flexibility index (Phi) is 3.13. The second kappa shape index (κ2) is 4.45. The number of aromatic carboxylic acids is 1. The van der Waals surface area contributed by atoms with Crippen LogP contribution in [-0.4, -0.2) is 30.6 Å². The lowest BCUT2D eigenvalue weighted by atomic mass is 10.2. The minimum atomic E-state index is -0.995. The lowest BCUT2D eigenvalue weighted by Crippen LogP contribution is -2.12. The largest absolute Gasteiger partial charge is 0.478 e. The molecule has 18 heavy (non-hydrogen) atoms. The standard InChI is InChI=1S/C11H13ClN4O2/c1-6-10(12)7(2)16(14-6)5-9-8(11(17)18)4-13-15(9)3/h4H,5H2,1-3H3,(H,17,18). The molecule has 1 N–H and O–H groups in total. The quantitative estimate of drug-likeness (QED) is 0.918. The summed E-state index contributed by atoms with van der Waals surface area (Å²) in [5.74, 6) is -0.995. The number of hydrogen-bond donors (Lipinski definition) is 1. The molecule has 96 valence electrons. The zero-order valence-corrected chi connectivity index (χ0v) is 11.1. The van der Waals surface area contributed by atoms with E-state index in [1.807, 2.05) is 13.8 Å². The smallest absolute Gasteiger partial charge is 0.339 e. The van der Waals surface area contributed by atoms with Gasteiger partial charge in [0, 0.05) is 7.05 Å². The van der Waals surface area contributed by atoms with Crippen molar-refractivity contribution in [2.45, 2.75) is 20.4 Å². The zero-order chi connectivity index (χ0) is 13.4. The molecular weight excluding hydrogens is 256 g/mol. The molecule has 0 spiro atoms. The van der Waals surface area contributed by atoms with E-state index in [1.54, 1.807) is 11.7 Å². The molecule has 2 rings (SSSR count). The molecule has 0 aliphatic carbocycles. The minimum absolute atomic E-state index is 0.182. The molecule has 6 nitrogen and oxygen atoms in total. The van der Waals surface area contributed by atoms with Gasteiger partial charge in [-0.05, 0) is 13.8 Å². The number of aromatic nitrogens is 4. The van der Waals surface area contributed by atoms with Crippen LogP contribution in [0.25, 0.3) is 0 Å². The van der Waals surface area contributed by atoms with E-state index in [0.29, 0.717) is 17.3 Å². The van der Waals surface area contributed by atoms with E-state index in [-0.39, 0.29) is 5.56 Å². The maximum atomic E-state index is 11.1. The van der Waals surface area contributed by atoms with Crippen molar-refractivity contribution >= 4 is 17.6 Å². The van der Waals surface area contributed by atoms with Crippen LogP contribution in [0.1, 0.15) is 27.4 Å². The Hall–Kier alpha value is -1.82. The van der Waals surface area contributed by atoms with Gasteiger partial charge >= 0.3 is 5.97 Å². The van der Waals surface area contributed by atoms with E-state index >= 15 is 0 Å². The normalized spacial score (nSPS) is 10.9. The third-order valence-corrected chi connectivity index (χ3v) is 3.43. The monoisotopic (exact) mass is 268 g/mol.